The summed E-state index contributed by atoms with van der Waals surface area (Å²) in [5, 5.41) is 0. The van der Waals surface area contributed by atoms with Crippen molar-refractivity contribution in [3.8, 4) is 0 Å². The van der Waals surface area contributed by atoms with Crippen molar-refractivity contribution in [3.05, 3.63) is 35.9 Å². The molecule has 4 nitrogen and oxygen atoms in total. The molecule has 0 bridgehead atoms. The monoisotopic (exact) mass is 264 g/mol. The van der Waals surface area contributed by atoms with Gasteiger partial charge in [-0.15, -0.1) is 0 Å². The lowest BCUT2D eigenvalue weighted by molar-refractivity contribution is -0.432. The Hall–Kier alpha value is -0.240. The molecule has 0 unspecified atom stereocenters. The molecule has 0 N–H and O–H groups in total. The predicted octanol–water partition coefficient (Wildman–Crippen LogP) is 0.494. The molecule has 0 aliphatic carbocycles. The van der Waals surface area contributed by atoms with Crippen LogP contribution in [0.15, 0.2) is 30.3 Å². The number of phosphoric acid groups is 1. The van der Waals surface area contributed by atoms with Gasteiger partial charge < -0.3 is 19.2 Å². The van der Waals surface area contributed by atoms with Crippen LogP contribution in [0.5, 0.6) is 0 Å². The second-order valence-corrected chi connectivity index (χ2v) is 10.2. The lowest BCUT2D eigenvalue weighted by Gasteiger charge is -2.36. The van der Waals surface area contributed by atoms with Gasteiger partial charge in [-0.05, 0) is 5.56 Å². The molecule has 0 atom stereocenters. The van der Waals surface area contributed by atoms with E-state index in [0.29, 0.717) is 0 Å². The predicted molar refractivity (Wildman–Crippen MR) is 64.7 cm³/mol. The largest absolute Gasteiger partial charge is 1.00 e. The highest BCUT2D eigenvalue weighted by atomic mass is 31.2. The highest BCUT2D eigenvalue weighted by Gasteiger charge is 2.16. The van der Waals surface area contributed by atoms with Crippen molar-refractivity contribution in [3.63, 3.8) is 0 Å². The van der Waals surface area contributed by atoms with Gasteiger partial charge in [0.2, 0.25) is 0 Å². The molecular weight excluding hydrogens is 246 g/mol. The quantitative estimate of drug-likeness (QED) is 0.727. The van der Waals surface area contributed by atoms with Crippen molar-refractivity contribution in [2.75, 3.05) is 20.0 Å². The van der Waals surface area contributed by atoms with Crippen LogP contribution in [0.2, 0.25) is 0 Å². The van der Waals surface area contributed by atoms with Gasteiger partial charge in [0, 0.05) is 27.3 Å². The van der Waals surface area contributed by atoms with Gasteiger partial charge in [-0.2, -0.15) is 7.82 Å². The Balaban J connectivity index is -0.000000282. The fourth-order valence-electron chi connectivity index (χ4n) is 1.13. The third-order valence-corrected chi connectivity index (χ3v) is 2.81. The molecule has 0 aromatic heterocycles. The zero-order chi connectivity index (χ0) is 12.8. The summed E-state index contributed by atoms with van der Waals surface area (Å²) in [5.74, 6) is 0. The first-order valence-corrected chi connectivity index (χ1v) is 9.43. The molecule has 0 fully saturated rings. The van der Waals surface area contributed by atoms with Crippen molar-refractivity contribution in [2.24, 2.45) is 0 Å². The van der Waals surface area contributed by atoms with Gasteiger partial charge in [0.25, 0.3) is 0 Å². The van der Waals surface area contributed by atoms with Gasteiger partial charge in [0.1, 0.15) is 0 Å². The summed E-state index contributed by atoms with van der Waals surface area (Å²) < 4.78 is 8.55. The van der Waals surface area contributed by atoms with E-state index >= 15 is 0 Å². The average molecular weight is 264 g/mol. The summed E-state index contributed by atoms with van der Waals surface area (Å²) >= 11 is 0. The zero-order valence-corrected chi connectivity index (χ0v) is 11.4. The molecule has 0 aliphatic rings. The summed E-state index contributed by atoms with van der Waals surface area (Å²) in [5.41, 5.74) is 1.48. The van der Waals surface area contributed by atoms with Crippen molar-refractivity contribution in [2.45, 2.75) is 6.16 Å². The first-order valence-electron chi connectivity index (χ1n) is 4.65. The lowest BCUT2D eigenvalue weighted by Crippen LogP contribution is -2.24. The van der Waals surface area contributed by atoms with E-state index in [1.54, 1.807) is 0 Å². The molecule has 0 amide bonds. The normalized spacial score (nSPS) is 11.6. The minimum absolute atomic E-state index is 0. The van der Waals surface area contributed by atoms with Gasteiger partial charge in [-0.1, -0.05) is 30.3 Å². The topological polar surface area (TPSA) is 86.2 Å². The molecule has 1 aromatic carbocycles. The fraction of sp³-hybridized carbons (Fsp3) is 0.400. The maximum atomic E-state index is 8.55. The smallest absolute Gasteiger partial charge is 0.822 e. The summed E-state index contributed by atoms with van der Waals surface area (Å²) in [7, 11) is -6.03. The van der Waals surface area contributed by atoms with Gasteiger partial charge >= 0.3 is 2.85 Å². The Morgan fingerprint density at radius 3 is 1.81 bits per heavy atom. The Labute approximate surface area is 99.9 Å². The van der Waals surface area contributed by atoms with Crippen LogP contribution in [0, 0.1) is 0 Å². The Bertz CT molecular complexity index is 340. The number of rotatable bonds is 2. The fourth-order valence-corrected chi connectivity index (χ4v) is 2.44. The maximum Gasteiger partial charge on any atom is 1.00 e. The third kappa shape index (κ3) is 13.8. The van der Waals surface area contributed by atoms with E-state index < -0.39 is 15.1 Å². The van der Waals surface area contributed by atoms with Crippen molar-refractivity contribution in [1.29, 1.82) is 0 Å². The summed E-state index contributed by atoms with van der Waals surface area (Å²) in [6.45, 7) is 7.12. The SMILES string of the molecule is C[P+](C)(C)Cc1ccccc1.O=P([O-])([O-])[O-].[H+].[H+]. The Kier molecular flexibility index (Phi) is 6.39. The molecule has 1 aromatic rings. The summed E-state index contributed by atoms with van der Waals surface area (Å²) in [4.78, 5) is 25.6. The standard InChI is InChI=1S/C10H16P.H3O4P/c1-11(2,3)9-10-7-5-4-6-8-10;1-5(2,3)4/h4-8H,9H2,1-3H3;(H3,1,2,3,4)/q+1;/p-1. The van der Waals surface area contributed by atoms with E-state index in [0.717, 1.165) is 0 Å². The first kappa shape index (κ1) is 15.8. The Morgan fingerprint density at radius 1 is 1.12 bits per heavy atom. The average Bonchev–Trinajstić information content (AvgIpc) is 1.99. The van der Waals surface area contributed by atoms with E-state index in [2.05, 4.69) is 50.3 Å². The van der Waals surface area contributed by atoms with E-state index in [9.17, 15) is 0 Å². The minimum atomic E-state index is -5.39. The van der Waals surface area contributed by atoms with Crippen LogP contribution in [0.4, 0.5) is 0 Å². The van der Waals surface area contributed by atoms with Gasteiger partial charge in [-0.3, -0.25) is 0 Å². The van der Waals surface area contributed by atoms with E-state index in [-0.39, 0.29) is 2.85 Å². The van der Waals surface area contributed by atoms with Crippen molar-refractivity contribution < 1.29 is 22.1 Å². The molecule has 0 saturated carbocycles. The number of hydrogen-bond acceptors (Lipinski definition) is 4. The van der Waals surface area contributed by atoms with E-state index in [1.165, 1.54) is 11.7 Å². The van der Waals surface area contributed by atoms with Crippen LogP contribution in [-0.2, 0) is 10.7 Å². The first-order chi connectivity index (χ1) is 7.08. The zero-order valence-electron chi connectivity index (χ0n) is 11.6. The van der Waals surface area contributed by atoms with Crippen molar-refractivity contribution >= 4 is 15.1 Å². The van der Waals surface area contributed by atoms with Gasteiger partial charge in [-0.25, -0.2) is 0 Å². The number of hydrogen-bond donors (Lipinski definition) is 0. The molecule has 0 radical (unpaired) electrons. The number of benzene rings is 1. The van der Waals surface area contributed by atoms with Crippen LogP contribution in [0.1, 0.15) is 8.42 Å². The van der Waals surface area contributed by atoms with Crippen LogP contribution < -0.4 is 14.7 Å². The van der Waals surface area contributed by atoms with Crippen LogP contribution in [-0.4, -0.2) is 20.0 Å². The molecule has 6 heteroatoms. The molecule has 0 spiro atoms. The molecular formula is C10H18O4P2. The summed E-state index contributed by atoms with van der Waals surface area (Å²) in [6, 6.07) is 10.7. The van der Waals surface area contributed by atoms with E-state index in [1.807, 2.05) is 0 Å². The van der Waals surface area contributed by atoms with Crippen LogP contribution in [0.25, 0.3) is 0 Å². The van der Waals surface area contributed by atoms with E-state index in [4.69, 9.17) is 19.2 Å². The molecule has 16 heavy (non-hydrogen) atoms. The van der Waals surface area contributed by atoms with Crippen molar-refractivity contribution in [1.82, 2.24) is 0 Å². The highest BCUT2D eigenvalue weighted by molar-refractivity contribution is 7.72. The highest BCUT2D eigenvalue weighted by Crippen LogP contribution is 2.49. The minimum Gasteiger partial charge on any atom is -0.822 e. The second kappa shape index (κ2) is 6.48. The summed E-state index contributed by atoms with van der Waals surface area (Å²) in [6.07, 6.45) is 1.27. The maximum absolute atomic E-state index is 8.55. The van der Waals surface area contributed by atoms with Crippen LogP contribution >= 0.6 is 15.1 Å². The second-order valence-electron chi connectivity index (χ2n) is 4.38. The van der Waals surface area contributed by atoms with Gasteiger partial charge in [0.05, 0.1) is 6.16 Å². The Morgan fingerprint density at radius 2 is 1.50 bits per heavy atom. The molecule has 1 rings (SSSR count). The van der Waals surface area contributed by atoms with Gasteiger partial charge in [0.15, 0.2) is 0 Å². The van der Waals surface area contributed by atoms with Crippen LogP contribution in [0.3, 0.4) is 0 Å². The molecule has 0 heterocycles. The third-order valence-electron chi connectivity index (χ3n) is 1.50. The lowest BCUT2D eigenvalue weighted by atomic mass is 10.2. The molecule has 0 aliphatic heterocycles. The molecule has 0 saturated heterocycles. The molecule has 92 valence electrons.